The summed E-state index contributed by atoms with van der Waals surface area (Å²) in [5.41, 5.74) is 17.3. The van der Waals surface area contributed by atoms with E-state index >= 15 is 0 Å². The molecule has 2 heterocycles. The summed E-state index contributed by atoms with van der Waals surface area (Å²) in [5.74, 6) is 0. The van der Waals surface area contributed by atoms with E-state index in [0.717, 1.165) is 38.9 Å². The summed E-state index contributed by atoms with van der Waals surface area (Å²) >= 11 is 0. The van der Waals surface area contributed by atoms with Crippen LogP contribution in [-0.2, 0) is 0 Å². The van der Waals surface area contributed by atoms with E-state index in [0.29, 0.717) is 6.54 Å². The van der Waals surface area contributed by atoms with Gasteiger partial charge in [-0.3, -0.25) is 4.99 Å². The first-order valence-corrected chi connectivity index (χ1v) is 6.21. The Morgan fingerprint density at radius 3 is 2.84 bits per heavy atom. The van der Waals surface area contributed by atoms with Crippen LogP contribution < -0.4 is 22.2 Å². The fourth-order valence-electron chi connectivity index (χ4n) is 2.18. The van der Waals surface area contributed by atoms with Crippen molar-refractivity contribution in [3.05, 3.63) is 52.3 Å². The van der Waals surface area contributed by atoms with Gasteiger partial charge >= 0.3 is 0 Å². The Bertz CT molecular complexity index is 781. The average Bonchev–Trinajstić information content (AvgIpc) is 2.68. The SMILES string of the molecule is Cc1cc(-c2cc3c([nH]2)=NCC=C(N)C=3)ccc1N. The molecule has 1 aromatic heterocycles. The molecule has 0 spiro atoms. The second-order valence-corrected chi connectivity index (χ2v) is 4.75. The molecule has 0 unspecified atom stereocenters. The molecule has 0 radical (unpaired) electrons. The number of aromatic nitrogens is 1. The van der Waals surface area contributed by atoms with E-state index in [1.807, 2.05) is 31.2 Å². The van der Waals surface area contributed by atoms with E-state index in [-0.39, 0.29) is 0 Å². The van der Waals surface area contributed by atoms with Gasteiger partial charge in [0, 0.05) is 22.3 Å². The molecule has 1 aliphatic rings. The number of nitrogens with two attached hydrogens (primary N) is 2. The molecule has 1 aromatic carbocycles. The highest BCUT2D eigenvalue weighted by molar-refractivity contribution is 5.65. The van der Waals surface area contributed by atoms with E-state index in [9.17, 15) is 0 Å². The Morgan fingerprint density at radius 2 is 2.05 bits per heavy atom. The number of aromatic amines is 1. The first-order chi connectivity index (χ1) is 9.13. The van der Waals surface area contributed by atoms with Crippen LogP contribution in [0.5, 0.6) is 0 Å². The first kappa shape index (κ1) is 11.6. The maximum absolute atomic E-state index is 5.86. The van der Waals surface area contributed by atoms with Crippen molar-refractivity contribution in [3.8, 4) is 11.3 Å². The monoisotopic (exact) mass is 252 g/mol. The number of H-pyrrole nitrogens is 1. The molecule has 3 rings (SSSR count). The van der Waals surface area contributed by atoms with Gasteiger partial charge in [0.1, 0.15) is 5.49 Å². The first-order valence-electron chi connectivity index (χ1n) is 6.21. The number of allylic oxidation sites excluding steroid dienone is 1. The third kappa shape index (κ3) is 2.12. The number of nitrogen functional groups attached to an aromatic ring is 1. The summed E-state index contributed by atoms with van der Waals surface area (Å²) in [4.78, 5) is 7.78. The zero-order valence-corrected chi connectivity index (χ0v) is 10.8. The molecule has 0 aliphatic carbocycles. The van der Waals surface area contributed by atoms with Gasteiger partial charge in [-0.05, 0) is 48.4 Å². The minimum atomic E-state index is 0.607. The van der Waals surface area contributed by atoms with Crippen molar-refractivity contribution < 1.29 is 0 Å². The standard InChI is InChI=1S/C15H16N4/c1-9-6-10(2-3-13(9)17)14-8-11-7-12(16)4-5-18-15(11)19-14/h2-4,6-8H,5,16-17H2,1H3,(H,18,19). The molecule has 0 fully saturated rings. The molecule has 19 heavy (non-hydrogen) atoms. The van der Waals surface area contributed by atoms with E-state index in [4.69, 9.17) is 11.5 Å². The van der Waals surface area contributed by atoms with Gasteiger partial charge in [0.2, 0.25) is 0 Å². The Morgan fingerprint density at radius 1 is 1.21 bits per heavy atom. The van der Waals surface area contributed by atoms with Crippen LogP contribution in [0, 0.1) is 6.92 Å². The van der Waals surface area contributed by atoms with Gasteiger partial charge in [0.05, 0.1) is 6.54 Å². The lowest BCUT2D eigenvalue weighted by molar-refractivity contribution is 1.07. The molecule has 4 nitrogen and oxygen atoms in total. The molecule has 5 N–H and O–H groups in total. The number of fused-ring (bicyclic) bond motifs is 1. The van der Waals surface area contributed by atoms with Crippen molar-refractivity contribution in [2.75, 3.05) is 12.3 Å². The number of hydrogen-bond donors (Lipinski definition) is 3. The molecular formula is C15H16N4. The third-order valence-corrected chi connectivity index (χ3v) is 3.31. The molecule has 1 aliphatic heterocycles. The van der Waals surface area contributed by atoms with Crippen molar-refractivity contribution in [2.24, 2.45) is 10.7 Å². The van der Waals surface area contributed by atoms with Gasteiger partial charge in [-0.2, -0.15) is 0 Å². The zero-order chi connectivity index (χ0) is 13.4. The highest BCUT2D eigenvalue weighted by Crippen LogP contribution is 2.20. The predicted molar refractivity (Wildman–Crippen MR) is 77.8 cm³/mol. The van der Waals surface area contributed by atoms with E-state index in [1.165, 1.54) is 0 Å². The summed E-state index contributed by atoms with van der Waals surface area (Å²) in [6.07, 6.45) is 3.84. The van der Waals surface area contributed by atoms with Crippen molar-refractivity contribution in [3.63, 3.8) is 0 Å². The van der Waals surface area contributed by atoms with Crippen LogP contribution in [-0.4, -0.2) is 11.5 Å². The second-order valence-electron chi connectivity index (χ2n) is 4.75. The van der Waals surface area contributed by atoms with Gasteiger partial charge in [0.25, 0.3) is 0 Å². The van der Waals surface area contributed by atoms with Gasteiger partial charge < -0.3 is 16.5 Å². The minimum Gasteiger partial charge on any atom is -0.399 e. The van der Waals surface area contributed by atoms with E-state index in [2.05, 4.69) is 22.1 Å². The van der Waals surface area contributed by atoms with Gasteiger partial charge in [0.15, 0.2) is 0 Å². The maximum Gasteiger partial charge on any atom is 0.133 e. The molecular weight excluding hydrogens is 236 g/mol. The van der Waals surface area contributed by atoms with Crippen LogP contribution in [0.4, 0.5) is 5.69 Å². The summed E-state index contributed by atoms with van der Waals surface area (Å²) in [6, 6.07) is 8.06. The smallest absolute Gasteiger partial charge is 0.133 e. The highest BCUT2D eigenvalue weighted by Gasteiger charge is 2.04. The predicted octanol–water partition coefficient (Wildman–Crippen LogP) is 0.829. The molecule has 0 bridgehead atoms. The Kier molecular flexibility index (Phi) is 2.63. The number of aryl methyl sites for hydroxylation is 1. The fourth-order valence-corrected chi connectivity index (χ4v) is 2.18. The molecule has 0 saturated heterocycles. The van der Waals surface area contributed by atoms with Crippen LogP contribution >= 0.6 is 0 Å². The summed E-state index contributed by atoms with van der Waals surface area (Å²) in [5, 5.41) is 1.02. The maximum atomic E-state index is 5.86. The summed E-state index contributed by atoms with van der Waals surface area (Å²) in [7, 11) is 0. The molecule has 4 heteroatoms. The lowest BCUT2D eigenvalue weighted by Gasteiger charge is -2.02. The number of hydrogen-bond acceptors (Lipinski definition) is 3. The number of benzene rings is 1. The number of nitrogens with zero attached hydrogens (tertiary/aromatic N) is 1. The largest absolute Gasteiger partial charge is 0.399 e. The summed E-state index contributed by atoms with van der Waals surface area (Å²) < 4.78 is 0. The lowest BCUT2D eigenvalue weighted by Crippen LogP contribution is -2.22. The highest BCUT2D eigenvalue weighted by atomic mass is 14.9. The normalized spacial score (nSPS) is 13.8. The van der Waals surface area contributed by atoms with Crippen molar-refractivity contribution >= 4 is 11.8 Å². The second kappa shape index (κ2) is 4.31. The van der Waals surface area contributed by atoms with Gasteiger partial charge in [-0.1, -0.05) is 6.07 Å². The quantitative estimate of drug-likeness (QED) is 0.657. The minimum absolute atomic E-state index is 0.607. The zero-order valence-electron chi connectivity index (χ0n) is 10.8. The van der Waals surface area contributed by atoms with Crippen LogP contribution in [0.2, 0.25) is 0 Å². The van der Waals surface area contributed by atoms with Crippen molar-refractivity contribution in [1.29, 1.82) is 0 Å². The average molecular weight is 252 g/mol. The topological polar surface area (TPSA) is 80.2 Å². The molecule has 0 atom stereocenters. The van der Waals surface area contributed by atoms with Crippen molar-refractivity contribution in [2.45, 2.75) is 6.92 Å². The molecule has 96 valence electrons. The van der Waals surface area contributed by atoms with Gasteiger partial charge in [-0.15, -0.1) is 0 Å². The molecule has 0 saturated carbocycles. The Hall–Kier alpha value is -2.49. The van der Waals surface area contributed by atoms with Crippen LogP contribution in [0.25, 0.3) is 17.3 Å². The van der Waals surface area contributed by atoms with Crippen LogP contribution in [0.1, 0.15) is 5.56 Å². The van der Waals surface area contributed by atoms with E-state index < -0.39 is 0 Å². The molecule has 0 amide bonds. The van der Waals surface area contributed by atoms with Crippen LogP contribution in [0.15, 0.2) is 41.0 Å². The Labute approximate surface area is 111 Å². The Balaban J connectivity index is 2.16. The van der Waals surface area contributed by atoms with E-state index in [1.54, 1.807) is 0 Å². The number of nitrogens with one attached hydrogen (secondary N) is 1. The number of anilines is 1. The lowest BCUT2D eigenvalue weighted by atomic mass is 10.1. The molecule has 2 aromatic rings. The number of rotatable bonds is 1. The fraction of sp³-hybridized carbons (Fsp3) is 0.133. The van der Waals surface area contributed by atoms with Crippen molar-refractivity contribution in [1.82, 2.24) is 4.98 Å². The third-order valence-electron chi connectivity index (χ3n) is 3.31. The van der Waals surface area contributed by atoms with Gasteiger partial charge in [-0.25, -0.2) is 0 Å². The van der Waals surface area contributed by atoms with Crippen LogP contribution in [0.3, 0.4) is 0 Å². The summed E-state index contributed by atoms with van der Waals surface area (Å²) in [6.45, 7) is 2.61.